The summed E-state index contributed by atoms with van der Waals surface area (Å²) in [5.41, 5.74) is 1.26. The molecule has 0 aliphatic heterocycles. The molecule has 0 aliphatic rings. The molecule has 0 amide bonds. The van der Waals surface area contributed by atoms with Crippen LogP contribution < -0.4 is 9.47 Å². The van der Waals surface area contributed by atoms with E-state index in [1.807, 2.05) is 18.2 Å². The first-order chi connectivity index (χ1) is 5.81. The van der Waals surface area contributed by atoms with E-state index in [0.717, 1.165) is 16.6 Å². The van der Waals surface area contributed by atoms with Gasteiger partial charge in [-0.2, -0.15) is 0 Å². The van der Waals surface area contributed by atoms with Crippen LogP contribution in [0.2, 0.25) is 0 Å². The van der Waals surface area contributed by atoms with Gasteiger partial charge in [-0.05, 0) is 0 Å². The summed E-state index contributed by atoms with van der Waals surface area (Å²) in [5, 5.41) is 1.01. The van der Waals surface area contributed by atoms with E-state index in [9.17, 15) is 0 Å². The number of rotatable bonds is 3. The molecule has 0 aliphatic carbocycles. The average molecular weight is 158 g/mol. The molecule has 12 heavy (non-hydrogen) atoms. The van der Waals surface area contributed by atoms with Crippen molar-refractivity contribution < 1.29 is 9.47 Å². The monoisotopic (exact) mass is 158 g/mol. The number of hydrogen-bond acceptors (Lipinski definition) is 2. The summed E-state index contributed by atoms with van der Waals surface area (Å²) in [6.45, 7) is 0. The van der Waals surface area contributed by atoms with Crippen LogP contribution in [0.25, 0.3) is 0 Å². The minimum atomic E-state index is 0.787. The Bertz CT molecular complexity index is 261. The predicted molar refractivity (Wildman–Crippen MR) is 49.0 cm³/mol. The molecule has 0 heterocycles. The standard InChI is InChI=1S/C9H11O2.Li/c1-7-4-5-8(10-2)9(6-7)11-3;/h4-6H,1H2,2-3H3;. The van der Waals surface area contributed by atoms with E-state index < -0.39 is 0 Å². The first-order valence-corrected chi connectivity index (χ1v) is 4.02. The molecule has 0 fully saturated rings. The van der Waals surface area contributed by atoms with E-state index in [-0.39, 0.29) is 0 Å². The first kappa shape index (κ1) is 9.50. The zero-order valence-electron chi connectivity index (χ0n) is 7.76. The third kappa shape index (κ3) is 1.97. The van der Waals surface area contributed by atoms with Crippen molar-refractivity contribution in [2.75, 3.05) is 14.2 Å². The molecular weight excluding hydrogens is 147 g/mol. The maximum absolute atomic E-state index is 5.15. The summed E-state index contributed by atoms with van der Waals surface area (Å²) in [5.74, 6) is 1.59. The summed E-state index contributed by atoms with van der Waals surface area (Å²) in [6.07, 6.45) is 0. The van der Waals surface area contributed by atoms with Crippen molar-refractivity contribution >= 4 is 17.7 Å². The second-order valence-electron chi connectivity index (χ2n) is 2.54. The Morgan fingerprint density at radius 3 is 2.33 bits per heavy atom. The van der Waals surface area contributed by atoms with Gasteiger partial charge in [0.1, 0.15) is 0 Å². The summed E-state index contributed by atoms with van der Waals surface area (Å²) in [7, 11) is 3.29. The Kier molecular flexibility index (Phi) is 3.52. The van der Waals surface area contributed by atoms with Crippen molar-refractivity contribution in [3.8, 4) is 11.5 Å². The van der Waals surface area contributed by atoms with Crippen LogP contribution in [0.3, 0.4) is 0 Å². The van der Waals surface area contributed by atoms with Gasteiger partial charge in [0.05, 0.1) is 0 Å². The quantitative estimate of drug-likeness (QED) is 0.618. The fourth-order valence-corrected chi connectivity index (χ4v) is 1.10. The molecule has 0 aromatic heterocycles. The molecule has 0 radical (unpaired) electrons. The van der Waals surface area contributed by atoms with Gasteiger partial charge in [0.25, 0.3) is 0 Å². The molecule has 0 bridgehead atoms. The van der Waals surface area contributed by atoms with Crippen molar-refractivity contribution in [1.29, 1.82) is 0 Å². The van der Waals surface area contributed by atoms with Crippen molar-refractivity contribution in [1.82, 2.24) is 0 Å². The van der Waals surface area contributed by atoms with Crippen molar-refractivity contribution in [3.05, 3.63) is 23.8 Å². The van der Waals surface area contributed by atoms with Gasteiger partial charge in [-0.3, -0.25) is 0 Å². The maximum atomic E-state index is 5.15. The minimum absolute atomic E-state index is 0.787. The van der Waals surface area contributed by atoms with Crippen LogP contribution in [-0.2, 0) is 5.09 Å². The van der Waals surface area contributed by atoms with Crippen LogP contribution in [-0.4, -0.2) is 31.9 Å². The predicted octanol–water partition coefficient (Wildman–Crippen LogP) is 1.37. The zero-order chi connectivity index (χ0) is 8.97. The molecule has 0 saturated heterocycles. The van der Waals surface area contributed by atoms with Crippen LogP contribution in [0.4, 0.5) is 0 Å². The van der Waals surface area contributed by atoms with Crippen molar-refractivity contribution in [2.45, 2.75) is 5.09 Å². The van der Waals surface area contributed by atoms with Gasteiger partial charge in [0, 0.05) is 0 Å². The molecule has 0 saturated carbocycles. The summed E-state index contributed by atoms with van der Waals surface area (Å²) < 4.78 is 10.3. The topological polar surface area (TPSA) is 18.5 Å². The van der Waals surface area contributed by atoms with Crippen molar-refractivity contribution in [2.24, 2.45) is 0 Å². The molecule has 1 rings (SSSR count). The van der Waals surface area contributed by atoms with E-state index in [2.05, 4.69) is 17.7 Å². The van der Waals surface area contributed by atoms with E-state index in [0.29, 0.717) is 0 Å². The van der Waals surface area contributed by atoms with Crippen LogP contribution in [0.5, 0.6) is 11.5 Å². The molecule has 3 heteroatoms. The van der Waals surface area contributed by atoms with Gasteiger partial charge < -0.3 is 0 Å². The van der Waals surface area contributed by atoms with Gasteiger partial charge >= 0.3 is 81.8 Å². The molecule has 2 nitrogen and oxygen atoms in total. The summed E-state index contributed by atoms with van der Waals surface area (Å²) in [6, 6.07) is 5.97. The zero-order valence-corrected chi connectivity index (χ0v) is 7.76. The van der Waals surface area contributed by atoms with E-state index >= 15 is 0 Å². The Hall–Kier alpha value is -0.583. The molecule has 0 atom stereocenters. The molecule has 0 spiro atoms. The average Bonchev–Trinajstić information content (AvgIpc) is 2.16. The van der Waals surface area contributed by atoms with Gasteiger partial charge in [-0.25, -0.2) is 0 Å². The third-order valence-electron chi connectivity index (χ3n) is 1.86. The Balaban J connectivity index is 3.02. The fourth-order valence-electron chi connectivity index (χ4n) is 1.10. The van der Waals surface area contributed by atoms with Gasteiger partial charge in [0.2, 0.25) is 0 Å². The van der Waals surface area contributed by atoms with E-state index in [1.165, 1.54) is 5.56 Å². The van der Waals surface area contributed by atoms with Crippen molar-refractivity contribution in [3.63, 3.8) is 0 Å². The first-order valence-electron chi connectivity index (χ1n) is 4.02. The third-order valence-corrected chi connectivity index (χ3v) is 1.86. The van der Waals surface area contributed by atoms with Gasteiger partial charge in [-0.1, -0.05) is 0 Å². The molecule has 60 valence electrons. The van der Waals surface area contributed by atoms with E-state index in [1.54, 1.807) is 14.2 Å². The SMILES string of the molecule is [Li][CH2]c1ccc(OC)c(OC)c1. The Labute approximate surface area is 82.1 Å². The number of benzene rings is 1. The number of hydrogen-bond donors (Lipinski definition) is 0. The second kappa shape index (κ2) is 4.44. The normalized spacial score (nSPS) is 9.67. The van der Waals surface area contributed by atoms with Crippen LogP contribution in [0.15, 0.2) is 18.2 Å². The number of ether oxygens (including phenoxy) is 2. The van der Waals surface area contributed by atoms with Crippen LogP contribution in [0.1, 0.15) is 5.56 Å². The second-order valence-corrected chi connectivity index (χ2v) is 2.54. The van der Waals surface area contributed by atoms with Crippen LogP contribution >= 0.6 is 0 Å². The molecule has 1 aromatic rings. The van der Waals surface area contributed by atoms with Gasteiger partial charge in [-0.15, -0.1) is 0 Å². The van der Waals surface area contributed by atoms with Crippen LogP contribution in [0, 0.1) is 0 Å². The number of methoxy groups -OCH3 is 2. The molecule has 0 unspecified atom stereocenters. The summed E-state index contributed by atoms with van der Waals surface area (Å²) >= 11 is 2.11. The Morgan fingerprint density at radius 2 is 1.83 bits per heavy atom. The fraction of sp³-hybridized carbons (Fsp3) is 0.333. The van der Waals surface area contributed by atoms with E-state index in [4.69, 9.17) is 9.47 Å². The molecule has 0 N–H and O–H groups in total. The molecule has 1 aromatic carbocycles. The molecular formula is C9H11LiO2. The summed E-state index contributed by atoms with van der Waals surface area (Å²) in [4.78, 5) is 0. The Morgan fingerprint density at radius 1 is 1.17 bits per heavy atom. The van der Waals surface area contributed by atoms with Gasteiger partial charge in [0.15, 0.2) is 0 Å².